The normalized spacial score (nSPS) is 18.4. The van der Waals surface area contributed by atoms with E-state index in [4.69, 9.17) is 9.97 Å². The smallest absolute Gasteiger partial charge is 0.148 e. The van der Waals surface area contributed by atoms with Gasteiger partial charge in [-0.05, 0) is 25.1 Å². The van der Waals surface area contributed by atoms with Crippen LogP contribution in [0.2, 0.25) is 0 Å². The monoisotopic (exact) mass is 328 g/mol. The quantitative estimate of drug-likeness (QED) is 0.759. The first kappa shape index (κ1) is 14.7. The number of rotatable bonds is 2. The third kappa shape index (κ3) is 2.73. The molecule has 23 heavy (non-hydrogen) atoms. The van der Waals surface area contributed by atoms with Crippen molar-refractivity contribution in [2.45, 2.75) is 13.0 Å². The van der Waals surface area contributed by atoms with E-state index in [9.17, 15) is 4.39 Å². The van der Waals surface area contributed by atoms with Crippen molar-refractivity contribution in [3.8, 4) is 11.3 Å². The maximum atomic E-state index is 14.3. The third-order valence-electron chi connectivity index (χ3n) is 4.01. The van der Waals surface area contributed by atoms with Crippen LogP contribution >= 0.6 is 11.3 Å². The van der Waals surface area contributed by atoms with E-state index in [0.29, 0.717) is 11.3 Å². The lowest BCUT2D eigenvalue weighted by Crippen LogP contribution is -2.43. The number of nitrogens with zero attached hydrogens (tertiary/aromatic N) is 2. The van der Waals surface area contributed by atoms with Crippen molar-refractivity contribution < 1.29 is 4.39 Å². The summed E-state index contributed by atoms with van der Waals surface area (Å²) in [6.07, 6.45) is 0. The molecular weight excluding hydrogens is 311 g/mol. The van der Waals surface area contributed by atoms with E-state index in [1.165, 1.54) is 6.07 Å². The first-order valence-corrected chi connectivity index (χ1v) is 8.51. The molecule has 1 fully saturated rings. The van der Waals surface area contributed by atoms with Crippen molar-refractivity contribution >= 4 is 21.6 Å². The van der Waals surface area contributed by atoms with E-state index in [1.54, 1.807) is 23.5 Å². The predicted molar refractivity (Wildman–Crippen MR) is 91.2 cm³/mol. The molecule has 2 N–H and O–H groups in total. The van der Waals surface area contributed by atoms with Gasteiger partial charge < -0.3 is 10.6 Å². The van der Waals surface area contributed by atoms with E-state index >= 15 is 0 Å². The molecule has 0 saturated carbocycles. The minimum atomic E-state index is -0.253. The summed E-state index contributed by atoms with van der Waals surface area (Å²) in [4.78, 5) is 11.5. The summed E-state index contributed by atoms with van der Waals surface area (Å²) in [5.74, 6) is 0.474. The fourth-order valence-electron chi connectivity index (χ4n) is 2.91. The average Bonchev–Trinajstić information content (AvgIpc) is 2.95. The summed E-state index contributed by atoms with van der Waals surface area (Å²) in [6.45, 7) is 4.64. The Balaban J connectivity index is 1.92. The summed E-state index contributed by atoms with van der Waals surface area (Å²) < 4.78 is 14.3. The van der Waals surface area contributed by atoms with Crippen molar-refractivity contribution in [2.24, 2.45) is 0 Å². The second-order valence-electron chi connectivity index (χ2n) is 5.70. The highest BCUT2D eigenvalue weighted by Crippen LogP contribution is 2.33. The largest absolute Gasteiger partial charge is 0.313 e. The van der Waals surface area contributed by atoms with Crippen molar-refractivity contribution in [2.75, 3.05) is 19.6 Å². The molecule has 0 aliphatic carbocycles. The minimum Gasteiger partial charge on any atom is -0.313 e. The Hall–Kier alpha value is -1.89. The van der Waals surface area contributed by atoms with Gasteiger partial charge in [0.25, 0.3) is 0 Å². The van der Waals surface area contributed by atoms with Gasteiger partial charge in [-0.3, -0.25) is 0 Å². The number of benzene rings is 1. The second-order valence-corrected chi connectivity index (χ2v) is 6.93. The number of hydrogen-bond donors (Lipinski definition) is 2. The van der Waals surface area contributed by atoms with Gasteiger partial charge >= 0.3 is 0 Å². The van der Waals surface area contributed by atoms with Crippen LogP contribution in [0.1, 0.15) is 16.7 Å². The Morgan fingerprint density at radius 1 is 1.22 bits per heavy atom. The molecule has 1 saturated heterocycles. The molecule has 1 aromatic carbocycles. The molecule has 1 aliphatic heterocycles. The first-order valence-electron chi connectivity index (χ1n) is 7.69. The van der Waals surface area contributed by atoms with Crippen LogP contribution in [0, 0.1) is 12.7 Å². The zero-order valence-corrected chi connectivity index (χ0v) is 13.6. The fourth-order valence-corrected chi connectivity index (χ4v) is 3.80. The number of hydrogen-bond acceptors (Lipinski definition) is 5. The second kappa shape index (κ2) is 5.96. The van der Waals surface area contributed by atoms with Crippen LogP contribution in [-0.4, -0.2) is 29.6 Å². The number of thiophene rings is 1. The zero-order chi connectivity index (χ0) is 15.8. The molecule has 0 amide bonds. The van der Waals surface area contributed by atoms with Gasteiger partial charge in [0.05, 0.1) is 11.7 Å². The van der Waals surface area contributed by atoms with Gasteiger partial charge in [0.15, 0.2) is 0 Å². The lowest BCUT2D eigenvalue weighted by atomic mass is 10.1. The molecule has 0 bridgehead atoms. The summed E-state index contributed by atoms with van der Waals surface area (Å²) in [6, 6.07) is 8.89. The lowest BCUT2D eigenvalue weighted by Gasteiger charge is -2.23. The molecule has 4 rings (SSSR count). The number of nitrogens with one attached hydrogen (secondary N) is 2. The standard InChI is InChI=1S/C17H17FN4S/c1-10-8-12-15(11-4-2-3-5-13(11)18)21-16(22-17(12)23-10)14-9-19-6-7-20-14/h2-5,8,14,19-20H,6-7,9H2,1H3. The molecule has 1 aliphatic rings. The summed E-state index contributed by atoms with van der Waals surface area (Å²) >= 11 is 1.62. The van der Waals surface area contributed by atoms with Crippen LogP contribution in [0.3, 0.4) is 0 Å². The van der Waals surface area contributed by atoms with Gasteiger partial charge in [0, 0.05) is 35.5 Å². The number of aryl methyl sites for hydroxylation is 1. The Kier molecular flexibility index (Phi) is 3.80. The van der Waals surface area contributed by atoms with Gasteiger partial charge in [-0.2, -0.15) is 0 Å². The molecule has 2 aromatic heterocycles. The van der Waals surface area contributed by atoms with Gasteiger partial charge in [-0.1, -0.05) is 12.1 Å². The Morgan fingerprint density at radius 3 is 2.87 bits per heavy atom. The van der Waals surface area contributed by atoms with Crippen LogP contribution in [0.25, 0.3) is 21.5 Å². The number of halogens is 1. The number of piperazine rings is 1. The minimum absolute atomic E-state index is 0.0566. The van der Waals surface area contributed by atoms with Crippen molar-refractivity contribution in [3.05, 3.63) is 46.9 Å². The Morgan fingerprint density at radius 2 is 2.09 bits per heavy atom. The van der Waals surface area contributed by atoms with Crippen LogP contribution in [-0.2, 0) is 0 Å². The summed E-state index contributed by atoms with van der Waals surface area (Å²) in [7, 11) is 0. The molecule has 1 unspecified atom stereocenters. The molecule has 6 heteroatoms. The number of aromatic nitrogens is 2. The van der Waals surface area contributed by atoms with E-state index in [2.05, 4.69) is 10.6 Å². The highest BCUT2D eigenvalue weighted by atomic mass is 32.1. The van der Waals surface area contributed by atoms with Gasteiger partial charge in [0.2, 0.25) is 0 Å². The highest BCUT2D eigenvalue weighted by Gasteiger charge is 2.21. The van der Waals surface area contributed by atoms with Crippen LogP contribution < -0.4 is 10.6 Å². The predicted octanol–water partition coefficient (Wildman–Crippen LogP) is 3.04. The van der Waals surface area contributed by atoms with Crippen LogP contribution in [0.5, 0.6) is 0 Å². The van der Waals surface area contributed by atoms with Gasteiger partial charge in [-0.25, -0.2) is 14.4 Å². The third-order valence-corrected chi connectivity index (χ3v) is 4.96. The number of fused-ring (bicyclic) bond motifs is 1. The molecular formula is C17H17FN4S. The molecule has 3 aromatic rings. The zero-order valence-electron chi connectivity index (χ0n) is 12.8. The molecule has 4 nitrogen and oxygen atoms in total. The van der Waals surface area contributed by atoms with Crippen LogP contribution in [0.4, 0.5) is 4.39 Å². The summed E-state index contributed by atoms with van der Waals surface area (Å²) in [5, 5.41) is 7.69. The van der Waals surface area contributed by atoms with Crippen molar-refractivity contribution in [3.63, 3.8) is 0 Å². The van der Waals surface area contributed by atoms with E-state index < -0.39 is 0 Å². The lowest BCUT2D eigenvalue weighted by molar-refractivity contribution is 0.416. The maximum absolute atomic E-state index is 14.3. The fraction of sp³-hybridized carbons (Fsp3) is 0.294. The SMILES string of the molecule is Cc1cc2c(-c3ccccc3F)nc(C3CNCCN3)nc2s1. The van der Waals surface area contributed by atoms with Crippen molar-refractivity contribution in [1.29, 1.82) is 0 Å². The summed E-state index contributed by atoms with van der Waals surface area (Å²) in [5.41, 5.74) is 1.21. The van der Waals surface area contributed by atoms with E-state index in [0.717, 1.165) is 40.6 Å². The first-order chi connectivity index (χ1) is 11.2. The van der Waals surface area contributed by atoms with Gasteiger partial charge in [-0.15, -0.1) is 11.3 Å². The Bertz CT molecular complexity index is 855. The van der Waals surface area contributed by atoms with E-state index in [1.807, 2.05) is 19.1 Å². The molecule has 118 valence electrons. The Labute approximate surface area is 137 Å². The maximum Gasteiger partial charge on any atom is 0.148 e. The molecule has 1 atom stereocenters. The van der Waals surface area contributed by atoms with E-state index in [-0.39, 0.29) is 11.9 Å². The average molecular weight is 328 g/mol. The topological polar surface area (TPSA) is 49.8 Å². The molecule has 0 radical (unpaired) electrons. The molecule has 3 heterocycles. The highest BCUT2D eigenvalue weighted by molar-refractivity contribution is 7.18. The molecule has 0 spiro atoms. The van der Waals surface area contributed by atoms with Crippen molar-refractivity contribution in [1.82, 2.24) is 20.6 Å². The van der Waals surface area contributed by atoms with Crippen LogP contribution in [0.15, 0.2) is 30.3 Å². The van der Waals surface area contributed by atoms with Gasteiger partial charge in [0.1, 0.15) is 16.5 Å².